The third kappa shape index (κ3) is 8.35. The van der Waals surface area contributed by atoms with Crippen molar-refractivity contribution in [1.29, 1.82) is 0 Å². The summed E-state index contributed by atoms with van der Waals surface area (Å²) in [6.45, 7) is 21.8. The summed E-state index contributed by atoms with van der Waals surface area (Å²) < 4.78 is 4.53. The van der Waals surface area contributed by atoms with Crippen molar-refractivity contribution in [1.82, 2.24) is 0 Å². The molecule has 23 heavy (non-hydrogen) atoms. The molecule has 0 aromatic carbocycles. The maximum atomic E-state index is 4.53. The van der Waals surface area contributed by atoms with E-state index >= 15 is 0 Å². The minimum Gasteiger partial charge on any atom is -0.471 e. The van der Waals surface area contributed by atoms with E-state index in [1.54, 1.807) is 0 Å². The lowest BCUT2D eigenvalue weighted by molar-refractivity contribution is 0.0868. The largest absolute Gasteiger partial charge is 0.471 e. The number of hydrogen-bond donors (Lipinski definition) is 0. The zero-order chi connectivity index (χ0) is 18.6. The molecule has 0 aliphatic carbocycles. The SMILES string of the molecule is CCC(C)[C](CC(C)(C(C)CC)C(C)CC)C(C)CC.[SiH3]O[SiH3]. The van der Waals surface area contributed by atoms with E-state index in [-0.39, 0.29) is 0 Å². The first-order valence-electron chi connectivity index (χ1n) is 9.95. The minimum atomic E-state index is 0.464. The van der Waals surface area contributed by atoms with Crippen LogP contribution >= 0.6 is 0 Å². The first-order valence-corrected chi connectivity index (χ1v) is 11.6. The molecule has 3 heteroatoms. The topological polar surface area (TPSA) is 9.23 Å². The summed E-state index contributed by atoms with van der Waals surface area (Å²) in [5, 5.41) is 0. The summed E-state index contributed by atoms with van der Waals surface area (Å²) in [7, 11) is 1.86. The quantitative estimate of drug-likeness (QED) is 0.513. The lowest BCUT2D eigenvalue weighted by Crippen LogP contribution is -2.36. The molecule has 0 N–H and O–H groups in total. The molecule has 0 saturated heterocycles. The van der Waals surface area contributed by atoms with Crippen LogP contribution in [0.25, 0.3) is 0 Å². The Bertz CT molecular complexity index is 250. The summed E-state index contributed by atoms with van der Waals surface area (Å²) in [5.41, 5.74) is 0.464. The molecule has 1 radical (unpaired) electrons. The van der Waals surface area contributed by atoms with E-state index in [0.29, 0.717) is 5.41 Å². The zero-order valence-electron chi connectivity index (χ0n) is 18.3. The molecular weight excluding hydrogens is 312 g/mol. The van der Waals surface area contributed by atoms with Crippen LogP contribution in [0, 0.1) is 35.0 Å². The standard InChI is InChI=1S/C20H41.H6OSi2/c1-10-15(5)19(16(6)11-2)14-20(9,17(7)12-3)18(8)13-4;2-1-3/h15-18H,10-14H2,1-9H3;2-3H3. The molecular formula is C20H47OSi2. The summed E-state index contributed by atoms with van der Waals surface area (Å²) in [6, 6.07) is 0. The number of hydrogen-bond acceptors (Lipinski definition) is 1. The third-order valence-electron chi connectivity index (χ3n) is 6.55. The summed E-state index contributed by atoms with van der Waals surface area (Å²) in [4.78, 5) is 0. The van der Waals surface area contributed by atoms with Gasteiger partial charge in [-0.2, -0.15) is 0 Å². The van der Waals surface area contributed by atoms with Crippen molar-refractivity contribution in [3.63, 3.8) is 0 Å². The van der Waals surface area contributed by atoms with Crippen molar-refractivity contribution in [3.05, 3.63) is 5.92 Å². The van der Waals surface area contributed by atoms with Crippen LogP contribution in [0.15, 0.2) is 0 Å². The van der Waals surface area contributed by atoms with Gasteiger partial charge < -0.3 is 4.12 Å². The van der Waals surface area contributed by atoms with E-state index in [4.69, 9.17) is 0 Å². The fraction of sp³-hybridized carbons (Fsp3) is 0.950. The summed E-state index contributed by atoms with van der Waals surface area (Å²) >= 11 is 0. The molecule has 0 bridgehead atoms. The number of rotatable bonds is 10. The molecule has 4 unspecified atom stereocenters. The molecule has 141 valence electrons. The Hall–Kier alpha value is 0.394. The van der Waals surface area contributed by atoms with E-state index < -0.39 is 0 Å². The van der Waals surface area contributed by atoms with Gasteiger partial charge in [0, 0.05) is 0 Å². The highest BCUT2D eigenvalue weighted by Crippen LogP contribution is 2.48. The van der Waals surface area contributed by atoms with Crippen molar-refractivity contribution in [2.75, 3.05) is 0 Å². The van der Waals surface area contributed by atoms with Gasteiger partial charge in [-0.3, -0.25) is 0 Å². The van der Waals surface area contributed by atoms with Crippen molar-refractivity contribution >= 4 is 21.0 Å². The Kier molecular flexibility index (Phi) is 15.2. The second kappa shape index (κ2) is 13.7. The third-order valence-corrected chi connectivity index (χ3v) is 6.55. The van der Waals surface area contributed by atoms with E-state index in [0.717, 1.165) is 44.6 Å². The van der Waals surface area contributed by atoms with Gasteiger partial charge in [-0.1, -0.05) is 88.0 Å². The molecule has 0 rings (SSSR count). The maximum Gasteiger partial charge on any atom is 0.129 e. The van der Waals surface area contributed by atoms with E-state index in [9.17, 15) is 0 Å². The lowest BCUT2D eigenvalue weighted by atomic mass is 9.60. The molecule has 0 spiro atoms. The van der Waals surface area contributed by atoms with Crippen LogP contribution in [-0.4, -0.2) is 21.0 Å². The van der Waals surface area contributed by atoms with Gasteiger partial charge in [0.15, 0.2) is 0 Å². The van der Waals surface area contributed by atoms with Crippen LogP contribution in [0.4, 0.5) is 0 Å². The Morgan fingerprint density at radius 3 is 1.30 bits per heavy atom. The van der Waals surface area contributed by atoms with Gasteiger partial charge in [-0.05, 0) is 41.4 Å². The molecule has 4 atom stereocenters. The average molecular weight is 360 g/mol. The van der Waals surface area contributed by atoms with Gasteiger partial charge in [-0.15, -0.1) is 0 Å². The van der Waals surface area contributed by atoms with Crippen molar-refractivity contribution in [3.8, 4) is 0 Å². The molecule has 1 nitrogen and oxygen atoms in total. The monoisotopic (exact) mass is 359 g/mol. The summed E-state index contributed by atoms with van der Waals surface area (Å²) in [5.74, 6) is 4.99. The van der Waals surface area contributed by atoms with Crippen LogP contribution in [-0.2, 0) is 4.12 Å². The molecule has 0 aromatic rings. The van der Waals surface area contributed by atoms with Gasteiger partial charge in [0.1, 0.15) is 21.0 Å². The molecule has 0 aliphatic heterocycles. The molecule has 0 aliphatic rings. The Balaban J connectivity index is 0. The van der Waals surface area contributed by atoms with Gasteiger partial charge >= 0.3 is 0 Å². The molecule has 0 amide bonds. The van der Waals surface area contributed by atoms with Crippen molar-refractivity contribution < 1.29 is 4.12 Å². The normalized spacial score (nSPS) is 19.6. The van der Waals surface area contributed by atoms with Crippen LogP contribution in [0.5, 0.6) is 0 Å². The lowest BCUT2D eigenvalue weighted by Gasteiger charge is -2.45. The van der Waals surface area contributed by atoms with Crippen LogP contribution in [0.3, 0.4) is 0 Å². The Morgan fingerprint density at radius 1 is 0.783 bits per heavy atom. The van der Waals surface area contributed by atoms with Crippen LogP contribution in [0.1, 0.15) is 94.4 Å². The highest BCUT2D eigenvalue weighted by atomic mass is 28.3. The fourth-order valence-electron chi connectivity index (χ4n) is 3.57. The fourth-order valence-corrected chi connectivity index (χ4v) is 3.57. The zero-order valence-corrected chi connectivity index (χ0v) is 22.3. The van der Waals surface area contributed by atoms with Crippen LogP contribution in [0.2, 0.25) is 0 Å². The maximum absolute atomic E-state index is 4.53. The highest BCUT2D eigenvalue weighted by molar-refractivity contribution is 6.15. The second-order valence-electron chi connectivity index (χ2n) is 7.90. The van der Waals surface area contributed by atoms with E-state index in [2.05, 4.69) is 66.4 Å². The first-order chi connectivity index (χ1) is 10.7. The molecule has 0 fully saturated rings. The predicted octanol–water partition coefficient (Wildman–Crippen LogP) is 4.71. The molecule has 0 saturated carbocycles. The van der Waals surface area contributed by atoms with E-state index in [1.807, 2.05) is 5.92 Å². The second-order valence-corrected chi connectivity index (χ2v) is 11.2. The highest BCUT2D eigenvalue weighted by Gasteiger charge is 2.39. The minimum absolute atomic E-state index is 0.464. The van der Waals surface area contributed by atoms with Crippen LogP contribution < -0.4 is 0 Å². The predicted molar refractivity (Wildman–Crippen MR) is 115 cm³/mol. The van der Waals surface area contributed by atoms with Crippen molar-refractivity contribution in [2.24, 2.45) is 29.1 Å². The van der Waals surface area contributed by atoms with Gasteiger partial charge in [0.25, 0.3) is 0 Å². The van der Waals surface area contributed by atoms with E-state index in [1.165, 1.54) is 32.1 Å². The van der Waals surface area contributed by atoms with Gasteiger partial charge in [0.05, 0.1) is 0 Å². The smallest absolute Gasteiger partial charge is 0.129 e. The van der Waals surface area contributed by atoms with Crippen molar-refractivity contribution in [2.45, 2.75) is 94.4 Å². The summed E-state index contributed by atoms with van der Waals surface area (Å²) in [6.07, 6.45) is 6.51. The molecule has 0 aromatic heterocycles. The Labute approximate surface area is 154 Å². The Morgan fingerprint density at radius 2 is 1.09 bits per heavy atom. The van der Waals surface area contributed by atoms with Gasteiger partial charge in [-0.25, -0.2) is 0 Å². The average Bonchev–Trinajstić information content (AvgIpc) is 2.56. The molecule has 0 heterocycles. The van der Waals surface area contributed by atoms with Gasteiger partial charge in [0.2, 0.25) is 0 Å². The first kappa shape index (κ1) is 25.6.